The maximum atomic E-state index is 12.0. The molecule has 0 bridgehead atoms. The summed E-state index contributed by atoms with van der Waals surface area (Å²) in [6.07, 6.45) is 0. The maximum absolute atomic E-state index is 12.0. The zero-order chi connectivity index (χ0) is 14.5. The number of hydrogen-bond acceptors (Lipinski definition) is 4. The summed E-state index contributed by atoms with van der Waals surface area (Å²) in [6, 6.07) is 12.4. The third-order valence-electron chi connectivity index (χ3n) is 2.93. The number of phenols is 2. The highest BCUT2D eigenvalue weighted by atomic mass is 16.3. The Morgan fingerprint density at radius 1 is 1.05 bits per heavy atom. The fourth-order valence-corrected chi connectivity index (χ4v) is 1.83. The van der Waals surface area contributed by atoms with Crippen LogP contribution >= 0.6 is 0 Å². The Bertz CT molecular complexity index is 598. The van der Waals surface area contributed by atoms with E-state index in [4.69, 9.17) is 0 Å². The van der Waals surface area contributed by atoms with E-state index >= 15 is 0 Å². The fraction of sp³-hybridized carbons (Fsp3) is 0.133. The van der Waals surface area contributed by atoms with Crippen LogP contribution in [0.2, 0.25) is 0 Å². The van der Waals surface area contributed by atoms with Gasteiger partial charge in [0.1, 0.15) is 0 Å². The summed E-state index contributed by atoms with van der Waals surface area (Å²) < 4.78 is 0. The van der Waals surface area contributed by atoms with E-state index < -0.39 is 11.9 Å². The van der Waals surface area contributed by atoms with Gasteiger partial charge in [0.05, 0.1) is 12.6 Å². The highest BCUT2D eigenvalue weighted by Gasteiger charge is 2.15. The lowest BCUT2D eigenvalue weighted by Gasteiger charge is -2.16. The zero-order valence-corrected chi connectivity index (χ0v) is 10.7. The monoisotopic (exact) mass is 273 g/mol. The second-order valence-corrected chi connectivity index (χ2v) is 4.32. The third kappa shape index (κ3) is 3.07. The van der Waals surface area contributed by atoms with Gasteiger partial charge in [0, 0.05) is 5.56 Å². The first-order valence-corrected chi connectivity index (χ1v) is 6.10. The van der Waals surface area contributed by atoms with Crippen LogP contribution in [0.25, 0.3) is 0 Å². The molecule has 5 nitrogen and oxygen atoms in total. The van der Waals surface area contributed by atoms with Gasteiger partial charge in [-0.2, -0.15) is 0 Å². The lowest BCUT2D eigenvalue weighted by atomic mass is 10.1. The Morgan fingerprint density at radius 3 is 2.35 bits per heavy atom. The molecule has 2 rings (SSSR count). The van der Waals surface area contributed by atoms with Crippen molar-refractivity contribution in [1.29, 1.82) is 0 Å². The van der Waals surface area contributed by atoms with Crippen molar-refractivity contribution in [1.82, 2.24) is 5.32 Å². The molecule has 0 spiro atoms. The fourth-order valence-electron chi connectivity index (χ4n) is 1.83. The van der Waals surface area contributed by atoms with E-state index in [0.29, 0.717) is 0 Å². The number of rotatable bonds is 4. The smallest absolute Gasteiger partial charge is 0.251 e. The Hall–Kier alpha value is -2.53. The molecule has 104 valence electrons. The Labute approximate surface area is 116 Å². The molecule has 0 aromatic heterocycles. The summed E-state index contributed by atoms with van der Waals surface area (Å²) in [5.41, 5.74) is 0.987. The van der Waals surface area contributed by atoms with Gasteiger partial charge < -0.3 is 20.6 Å². The minimum atomic E-state index is -0.528. The van der Waals surface area contributed by atoms with E-state index in [9.17, 15) is 20.1 Å². The van der Waals surface area contributed by atoms with E-state index in [1.54, 1.807) is 12.1 Å². The van der Waals surface area contributed by atoms with Crippen LogP contribution in [0.5, 0.6) is 11.5 Å². The first kappa shape index (κ1) is 13.9. The summed E-state index contributed by atoms with van der Waals surface area (Å²) in [4.78, 5) is 12.0. The van der Waals surface area contributed by atoms with Gasteiger partial charge in [-0.15, -0.1) is 0 Å². The molecule has 20 heavy (non-hydrogen) atoms. The first-order chi connectivity index (χ1) is 9.61. The van der Waals surface area contributed by atoms with Crippen molar-refractivity contribution in [2.24, 2.45) is 0 Å². The van der Waals surface area contributed by atoms with Crippen LogP contribution in [0, 0.1) is 0 Å². The SMILES string of the molecule is O=C(N[C@H](CO)c1ccccc1)c1ccc(O)c(O)c1. The van der Waals surface area contributed by atoms with E-state index in [1.807, 2.05) is 18.2 Å². The molecule has 1 atom stereocenters. The minimum absolute atomic E-state index is 0.203. The molecule has 0 heterocycles. The van der Waals surface area contributed by atoms with Crippen molar-refractivity contribution in [2.45, 2.75) is 6.04 Å². The summed E-state index contributed by atoms with van der Waals surface area (Å²) in [5.74, 6) is -1.09. The molecule has 0 fully saturated rings. The van der Waals surface area contributed by atoms with Crippen molar-refractivity contribution in [3.8, 4) is 11.5 Å². The molecule has 0 unspecified atom stereocenters. The first-order valence-electron chi connectivity index (χ1n) is 6.10. The Balaban J connectivity index is 2.15. The normalized spacial score (nSPS) is 11.8. The molecule has 5 heteroatoms. The largest absolute Gasteiger partial charge is 0.504 e. The number of benzene rings is 2. The number of aromatic hydroxyl groups is 2. The van der Waals surface area contributed by atoms with Gasteiger partial charge >= 0.3 is 0 Å². The van der Waals surface area contributed by atoms with Crippen LogP contribution in [0.15, 0.2) is 48.5 Å². The molecule has 0 aliphatic rings. The van der Waals surface area contributed by atoms with Crippen molar-refractivity contribution < 1.29 is 20.1 Å². The van der Waals surface area contributed by atoms with Gasteiger partial charge in [0.15, 0.2) is 11.5 Å². The minimum Gasteiger partial charge on any atom is -0.504 e. The molecule has 1 amide bonds. The number of amides is 1. The zero-order valence-electron chi connectivity index (χ0n) is 10.7. The molecular weight excluding hydrogens is 258 g/mol. The van der Waals surface area contributed by atoms with Gasteiger partial charge in [-0.25, -0.2) is 0 Å². The standard InChI is InChI=1S/C15H15NO4/c17-9-12(10-4-2-1-3-5-10)16-15(20)11-6-7-13(18)14(19)8-11/h1-8,12,17-19H,9H2,(H,16,20)/t12-/m1/s1. The highest BCUT2D eigenvalue weighted by molar-refractivity contribution is 5.95. The number of aliphatic hydroxyl groups is 1. The number of aliphatic hydroxyl groups excluding tert-OH is 1. The molecule has 0 aliphatic carbocycles. The summed E-state index contributed by atoms with van der Waals surface area (Å²) in [5, 5.41) is 30.6. The van der Waals surface area contributed by atoms with Crippen LogP contribution < -0.4 is 5.32 Å². The second-order valence-electron chi connectivity index (χ2n) is 4.32. The van der Waals surface area contributed by atoms with Crippen LogP contribution in [-0.2, 0) is 0 Å². The lowest BCUT2D eigenvalue weighted by Crippen LogP contribution is -2.30. The maximum Gasteiger partial charge on any atom is 0.251 e. The number of nitrogens with one attached hydrogen (secondary N) is 1. The number of hydrogen-bond donors (Lipinski definition) is 4. The number of carbonyl (C=O) groups excluding carboxylic acids is 1. The topological polar surface area (TPSA) is 89.8 Å². The molecule has 0 saturated heterocycles. The van der Waals surface area contributed by atoms with Crippen LogP contribution in [0.3, 0.4) is 0 Å². The van der Waals surface area contributed by atoms with Crippen molar-refractivity contribution in [3.63, 3.8) is 0 Å². The highest BCUT2D eigenvalue weighted by Crippen LogP contribution is 2.25. The Morgan fingerprint density at radius 2 is 1.75 bits per heavy atom. The molecule has 0 aliphatic heterocycles. The average molecular weight is 273 g/mol. The number of carbonyl (C=O) groups is 1. The summed E-state index contributed by atoms with van der Waals surface area (Å²) in [6.45, 7) is -0.236. The Kier molecular flexibility index (Phi) is 4.22. The molecule has 4 N–H and O–H groups in total. The van der Waals surface area contributed by atoms with Crippen molar-refractivity contribution in [2.75, 3.05) is 6.61 Å². The van der Waals surface area contributed by atoms with Gasteiger partial charge in [-0.1, -0.05) is 30.3 Å². The molecule has 0 saturated carbocycles. The van der Waals surface area contributed by atoms with E-state index in [2.05, 4.69) is 5.32 Å². The molecule has 0 radical (unpaired) electrons. The summed E-state index contributed by atoms with van der Waals surface area (Å²) in [7, 11) is 0. The predicted molar refractivity (Wildman–Crippen MR) is 73.5 cm³/mol. The van der Waals surface area contributed by atoms with Crippen molar-refractivity contribution >= 4 is 5.91 Å². The molecular formula is C15H15NO4. The average Bonchev–Trinajstić information content (AvgIpc) is 2.48. The number of phenolic OH excluding ortho intramolecular Hbond substituents is 2. The quantitative estimate of drug-likeness (QED) is 0.636. The van der Waals surface area contributed by atoms with Gasteiger partial charge in [-0.3, -0.25) is 4.79 Å². The third-order valence-corrected chi connectivity index (χ3v) is 2.93. The van der Waals surface area contributed by atoms with E-state index in [0.717, 1.165) is 5.56 Å². The van der Waals surface area contributed by atoms with Crippen LogP contribution in [0.4, 0.5) is 0 Å². The predicted octanol–water partition coefficient (Wildman–Crippen LogP) is 1.56. The summed E-state index contributed by atoms with van der Waals surface area (Å²) >= 11 is 0. The van der Waals surface area contributed by atoms with Crippen molar-refractivity contribution in [3.05, 3.63) is 59.7 Å². The second kappa shape index (κ2) is 6.08. The van der Waals surface area contributed by atoms with E-state index in [-0.39, 0.29) is 23.7 Å². The van der Waals surface area contributed by atoms with Crippen LogP contribution in [0.1, 0.15) is 22.0 Å². The van der Waals surface area contributed by atoms with E-state index in [1.165, 1.54) is 18.2 Å². The van der Waals surface area contributed by atoms with Gasteiger partial charge in [0.25, 0.3) is 5.91 Å². The lowest BCUT2D eigenvalue weighted by molar-refractivity contribution is 0.0916. The molecule has 2 aromatic rings. The van der Waals surface area contributed by atoms with Gasteiger partial charge in [0.2, 0.25) is 0 Å². The van der Waals surface area contributed by atoms with Gasteiger partial charge in [-0.05, 0) is 23.8 Å². The molecule has 2 aromatic carbocycles. The van der Waals surface area contributed by atoms with Crippen LogP contribution in [-0.4, -0.2) is 27.8 Å².